The fourth-order valence-electron chi connectivity index (χ4n) is 4.02. The molecule has 2 aromatic heterocycles. The SMILES string of the molecule is CC(C)(C)OC(=O)NCCON=C(C(=O)NC1C(=O)N2C(C(=O)O)=C(CSc3nnnn3CCO)CS[C@H]12)c1csc(NC=O)n1. The smallest absolute Gasteiger partial charge is 0.407 e. The number of alkyl carbamates (subject to hydrolysis) is 1. The third kappa shape index (κ3) is 8.50. The summed E-state index contributed by atoms with van der Waals surface area (Å²) in [6.07, 6.45) is -0.254. The lowest BCUT2D eigenvalue weighted by molar-refractivity contribution is -0.150. The molecule has 19 nitrogen and oxygen atoms in total. The number of fused-ring (bicyclic) bond motifs is 1. The number of rotatable bonds is 15. The molecule has 0 aromatic carbocycles. The van der Waals surface area contributed by atoms with E-state index in [4.69, 9.17) is 9.57 Å². The zero-order valence-electron chi connectivity index (χ0n) is 24.7. The van der Waals surface area contributed by atoms with Crippen LogP contribution in [0, 0.1) is 0 Å². The first kappa shape index (κ1) is 34.6. The minimum atomic E-state index is -1.30. The average molecular weight is 699 g/mol. The van der Waals surface area contributed by atoms with Crippen LogP contribution in [0.15, 0.2) is 27.0 Å². The van der Waals surface area contributed by atoms with Crippen LogP contribution in [-0.4, -0.2) is 125 Å². The van der Waals surface area contributed by atoms with Gasteiger partial charge >= 0.3 is 12.1 Å². The number of anilines is 1. The summed E-state index contributed by atoms with van der Waals surface area (Å²) in [4.78, 5) is 72.0. The van der Waals surface area contributed by atoms with E-state index in [1.807, 2.05) is 0 Å². The Hall–Kier alpha value is -4.28. The highest BCUT2D eigenvalue weighted by Gasteiger charge is 2.54. The van der Waals surface area contributed by atoms with Gasteiger partial charge in [0.25, 0.3) is 11.8 Å². The zero-order valence-corrected chi connectivity index (χ0v) is 27.1. The Kier molecular flexibility index (Phi) is 11.5. The lowest BCUT2D eigenvalue weighted by atomic mass is 10.0. The van der Waals surface area contributed by atoms with Crippen LogP contribution >= 0.6 is 34.9 Å². The van der Waals surface area contributed by atoms with Crippen molar-refractivity contribution in [2.24, 2.45) is 5.16 Å². The molecule has 5 N–H and O–H groups in total. The number of carbonyl (C=O) groups excluding carboxylic acids is 4. The normalized spacial score (nSPS) is 18.0. The summed E-state index contributed by atoms with van der Waals surface area (Å²) in [5.41, 5.74) is -0.693. The zero-order chi connectivity index (χ0) is 33.4. The van der Waals surface area contributed by atoms with E-state index in [0.29, 0.717) is 17.1 Å². The number of aliphatic carboxylic acids is 1. The molecule has 2 aromatic rings. The maximum atomic E-state index is 13.4. The summed E-state index contributed by atoms with van der Waals surface area (Å²) in [7, 11) is 0. The van der Waals surface area contributed by atoms with Gasteiger partial charge in [-0.05, 0) is 36.8 Å². The van der Waals surface area contributed by atoms with Crippen LogP contribution in [0.4, 0.5) is 9.93 Å². The van der Waals surface area contributed by atoms with E-state index < -0.39 is 40.9 Å². The molecule has 1 unspecified atom stereocenters. The number of carbonyl (C=O) groups is 5. The Balaban J connectivity index is 1.43. The van der Waals surface area contributed by atoms with Gasteiger partial charge in [-0.15, -0.1) is 28.2 Å². The summed E-state index contributed by atoms with van der Waals surface area (Å²) in [6.45, 7) is 4.97. The van der Waals surface area contributed by atoms with Crippen LogP contribution < -0.4 is 16.0 Å². The van der Waals surface area contributed by atoms with Crippen molar-refractivity contribution in [2.75, 3.05) is 36.6 Å². The van der Waals surface area contributed by atoms with E-state index in [0.717, 1.165) is 28.0 Å². The van der Waals surface area contributed by atoms with Crippen LogP contribution in [0.2, 0.25) is 0 Å². The number of β-lactam (4-membered cyclic amide) rings is 1. The molecule has 1 fully saturated rings. The molecule has 248 valence electrons. The Morgan fingerprint density at radius 2 is 2.09 bits per heavy atom. The number of hydrogen-bond acceptors (Lipinski definition) is 16. The second-order valence-electron chi connectivity index (χ2n) is 10.3. The van der Waals surface area contributed by atoms with Crippen molar-refractivity contribution in [3.8, 4) is 0 Å². The van der Waals surface area contributed by atoms with Gasteiger partial charge in [0.2, 0.25) is 11.6 Å². The fraction of sp³-hybridized carbons (Fsp3) is 0.500. The van der Waals surface area contributed by atoms with Gasteiger partial charge in [-0.1, -0.05) is 16.9 Å². The van der Waals surface area contributed by atoms with Crippen molar-refractivity contribution in [3.63, 3.8) is 0 Å². The number of aromatic nitrogens is 5. The topological polar surface area (TPSA) is 252 Å². The molecule has 22 heteroatoms. The minimum absolute atomic E-state index is 0.00161. The predicted molar refractivity (Wildman–Crippen MR) is 164 cm³/mol. The summed E-state index contributed by atoms with van der Waals surface area (Å²) in [5.74, 6) is -2.36. The lowest BCUT2D eigenvalue weighted by Gasteiger charge is -2.49. The highest BCUT2D eigenvalue weighted by atomic mass is 32.2. The molecule has 0 aliphatic carbocycles. The van der Waals surface area contributed by atoms with Crippen molar-refractivity contribution in [1.29, 1.82) is 0 Å². The molecule has 0 saturated carbocycles. The first-order chi connectivity index (χ1) is 21.9. The second-order valence-corrected chi connectivity index (χ2v) is 13.2. The quantitative estimate of drug-likeness (QED) is 0.0391. The number of carboxylic acid groups (broad SMARTS) is 1. The Morgan fingerprint density at radius 1 is 1.30 bits per heavy atom. The molecule has 4 heterocycles. The molecule has 2 aliphatic heterocycles. The maximum Gasteiger partial charge on any atom is 0.407 e. The number of tetrazole rings is 1. The molecule has 1 saturated heterocycles. The number of ether oxygens (including phenoxy) is 1. The fourth-order valence-corrected chi connectivity index (χ4v) is 7.06. The van der Waals surface area contributed by atoms with Gasteiger partial charge in [0.05, 0.1) is 19.7 Å². The first-order valence-corrected chi connectivity index (χ1v) is 16.4. The van der Waals surface area contributed by atoms with Crippen molar-refractivity contribution >= 4 is 76.0 Å². The number of hydrogen-bond donors (Lipinski definition) is 5. The molecule has 0 spiro atoms. The molecule has 4 amide bonds. The third-order valence-corrected chi connectivity index (χ3v) is 9.04. The largest absolute Gasteiger partial charge is 0.477 e. The predicted octanol–water partition coefficient (Wildman–Crippen LogP) is -0.533. The average Bonchev–Trinajstić information content (AvgIpc) is 3.64. The van der Waals surface area contributed by atoms with Crippen LogP contribution in [0.1, 0.15) is 26.5 Å². The third-order valence-electron chi connectivity index (χ3n) is 5.88. The number of thiazole rings is 1. The summed E-state index contributed by atoms with van der Waals surface area (Å²) < 4.78 is 6.52. The minimum Gasteiger partial charge on any atom is -0.477 e. The number of nitrogens with zero attached hydrogens (tertiary/aromatic N) is 7. The first-order valence-electron chi connectivity index (χ1n) is 13.5. The van der Waals surface area contributed by atoms with E-state index in [2.05, 4.69) is 41.6 Å². The van der Waals surface area contributed by atoms with Gasteiger partial charge in [0, 0.05) is 16.9 Å². The highest BCUT2D eigenvalue weighted by molar-refractivity contribution is 8.01. The number of oxime groups is 1. The number of thioether (sulfide) groups is 2. The monoisotopic (exact) mass is 698 g/mol. The van der Waals surface area contributed by atoms with Crippen LogP contribution in [0.3, 0.4) is 0 Å². The van der Waals surface area contributed by atoms with E-state index in [1.165, 1.54) is 21.8 Å². The molecule has 46 heavy (non-hydrogen) atoms. The Morgan fingerprint density at radius 3 is 2.78 bits per heavy atom. The number of nitrogens with one attached hydrogen (secondary N) is 3. The van der Waals surface area contributed by atoms with Crippen LogP contribution in [0.25, 0.3) is 0 Å². The van der Waals surface area contributed by atoms with Crippen molar-refractivity contribution in [3.05, 3.63) is 22.3 Å². The van der Waals surface area contributed by atoms with Crippen LogP contribution in [0.5, 0.6) is 0 Å². The van der Waals surface area contributed by atoms with E-state index in [1.54, 1.807) is 20.8 Å². The highest BCUT2D eigenvalue weighted by Crippen LogP contribution is 2.41. The number of amides is 4. The van der Waals surface area contributed by atoms with Crippen LogP contribution in [-0.2, 0) is 35.3 Å². The number of aliphatic hydroxyl groups excluding tert-OH is 1. The van der Waals surface area contributed by atoms with Gasteiger partial charge in [-0.2, -0.15) is 0 Å². The molecule has 0 radical (unpaired) electrons. The summed E-state index contributed by atoms with van der Waals surface area (Å²) >= 11 is 3.45. The molecule has 0 bridgehead atoms. The standard InChI is InChI=1S/C24H30N10O9S3/c1-24(2,3)43-23(41)25-4-7-42-30-14(13-10-45-21(27-13)26-11-36)17(37)28-15-18(38)34-16(20(39)40)12(8-44-19(15)34)9-46-22-29-31-32-33(22)5-6-35/h10-11,15,19,35H,4-9H2,1-3H3,(H,25,41)(H,28,37)(H,39,40)(H,26,27,36)/t15?,19-/m1/s1. The number of aliphatic hydroxyl groups is 1. The molecular formula is C24H30N10O9S3. The van der Waals surface area contributed by atoms with Gasteiger partial charge in [0.1, 0.15) is 35.0 Å². The Bertz CT molecular complexity index is 1540. The van der Waals surface area contributed by atoms with Gasteiger partial charge < -0.3 is 35.7 Å². The van der Waals surface area contributed by atoms with E-state index in [-0.39, 0.29) is 60.0 Å². The lowest BCUT2D eigenvalue weighted by Crippen LogP contribution is -2.71. The van der Waals surface area contributed by atoms with Gasteiger partial charge in [0.15, 0.2) is 10.8 Å². The Labute approximate surface area is 273 Å². The molecular weight excluding hydrogens is 669 g/mol. The van der Waals surface area contributed by atoms with Gasteiger partial charge in [-0.25, -0.2) is 19.3 Å². The number of carboxylic acids is 1. The van der Waals surface area contributed by atoms with Crippen molar-refractivity contribution in [2.45, 2.75) is 49.5 Å². The van der Waals surface area contributed by atoms with Crippen molar-refractivity contribution in [1.82, 2.24) is 40.7 Å². The van der Waals surface area contributed by atoms with Gasteiger partial charge in [-0.3, -0.25) is 19.3 Å². The second kappa shape index (κ2) is 15.3. The molecule has 4 rings (SSSR count). The summed E-state index contributed by atoms with van der Waals surface area (Å²) in [6, 6.07) is -1.08. The van der Waals surface area contributed by atoms with Crippen molar-refractivity contribution < 1.29 is 43.8 Å². The molecule has 2 aliphatic rings. The maximum absolute atomic E-state index is 13.4. The van der Waals surface area contributed by atoms with E-state index >= 15 is 0 Å². The van der Waals surface area contributed by atoms with E-state index in [9.17, 15) is 34.2 Å². The molecule has 2 atom stereocenters. The summed E-state index contributed by atoms with van der Waals surface area (Å²) in [5, 5.41) is 43.0.